The Kier molecular flexibility index (Phi) is 4.79. The highest BCUT2D eigenvalue weighted by Gasteiger charge is 2.24. The summed E-state index contributed by atoms with van der Waals surface area (Å²) in [5, 5.41) is 7.55. The Morgan fingerprint density at radius 1 is 1.63 bits per heavy atom. The largest absolute Gasteiger partial charge is 0.384 e. The van der Waals surface area contributed by atoms with Gasteiger partial charge in [-0.05, 0) is 6.42 Å². The van der Waals surface area contributed by atoms with Gasteiger partial charge in [0.15, 0.2) is 5.96 Å². The molecule has 1 aliphatic heterocycles. The molecule has 19 heavy (non-hydrogen) atoms. The van der Waals surface area contributed by atoms with Crippen LogP contribution in [0.1, 0.15) is 12.0 Å². The molecule has 0 radical (unpaired) electrons. The van der Waals surface area contributed by atoms with Gasteiger partial charge in [0, 0.05) is 58.5 Å². The Labute approximate surface area is 114 Å². The highest BCUT2D eigenvalue weighted by atomic mass is 16.5. The fourth-order valence-corrected chi connectivity index (χ4v) is 2.47. The highest BCUT2D eigenvalue weighted by molar-refractivity contribution is 5.80. The summed E-state index contributed by atoms with van der Waals surface area (Å²) in [5.74, 6) is 1.57. The fourth-order valence-electron chi connectivity index (χ4n) is 2.47. The van der Waals surface area contributed by atoms with Gasteiger partial charge in [0.05, 0.1) is 12.8 Å². The summed E-state index contributed by atoms with van der Waals surface area (Å²) in [6.45, 7) is 3.64. The average Bonchev–Trinajstić information content (AvgIpc) is 3.01. The number of likely N-dealkylation sites (tertiary alicyclic amines) is 1. The van der Waals surface area contributed by atoms with E-state index < -0.39 is 0 Å². The molecule has 6 nitrogen and oxygen atoms in total. The van der Waals surface area contributed by atoms with Crippen LogP contribution in [0, 0.1) is 5.92 Å². The summed E-state index contributed by atoms with van der Waals surface area (Å²) in [5.41, 5.74) is 1.16. The zero-order chi connectivity index (χ0) is 13.7. The van der Waals surface area contributed by atoms with E-state index in [1.807, 2.05) is 31.2 Å². The molecule has 1 aliphatic rings. The van der Waals surface area contributed by atoms with Gasteiger partial charge in [-0.3, -0.25) is 9.67 Å². The number of hydrogen-bond acceptors (Lipinski definition) is 3. The normalized spacial score (nSPS) is 20.1. The van der Waals surface area contributed by atoms with Gasteiger partial charge in [0.2, 0.25) is 0 Å². The molecule has 0 aliphatic carbocycles. The predicted molar refractivity (Wildman–Crippen MR) is 75.0 cm³/mol. The van der Waals surface area contributed by atoms with Crippen molar-refractivity contribution < 1.29 is 4.74 Å². The third-order valence-electron chi connectivity index (χ3n) is 3.41. The van der Waals surface area contributed by atoms with Gasteiger partial charge >= 0.3 is 0 Å². The highest BCUT2D eigenvalue weighted by Crippen LogP contribution is 2.16. The second kappa shape index (κ2) is 6.56. The van der Waals surface area contributed by atoms with Crippen LogP contribution in [-0.4, -0.2) is 54.5 Å². The van der Waals surface area contributed by atoms with E-state index in [2.05, 4.69) is 20.3 Å². The number of aromatic nitrogens is 2. The molecular weight excluding hydrogens is 242 g/mol. The molecule has 2 heterocycles. The van der Waals surface area contributed by atoms with Crippen molar-refractivity contribution >= 4 is 5.96 Å². The standard InChI is InChI=1S/C13H23N5O/c1-14-13(15-6-12-7-16-17(2)8-12)18-5-4-11(9-18)10-19-3/h7-8,11H,4-6,9-10H2,1-3H3,(H,14,15). The van der Waals surface area contributed by atoms with Crippen LogP contribution in [-0.2, 0) is 18.3 Å². The molecule has 1 unspecified atom stereocenters. The number of hydrogen-bond donors (Lipinski definition) is 1. The van der Waals surface area contributed by atoms with Crippen molar-refractivity contribution in [3.63, 3.8) is 0 Å². The van der Waals surface area contributed by atoms with Crippen LogP contribution >= 0.6 is 0 Å². The van der Waals surface area contributed by atoms with Crippen LogP contribution in [0.4, 0.5) is 0 Å². The van der Waals surface area contributed by atoms with Crippen molar-refractivity contribution in [3.8, 4) is 0 Å². The first-order valence-corrected chi connectivity index (χ1v) is 6.65. The lowest BCUT2D eigenvalue weighted by Crippen LogP contribution is -2.39. The Hall–Kier alpha value is -1.56. The number of rotatable bonds is 4. The van der Waals surface area contributed by atoms with Gasteiger partial charge in [0.1, 0.15) is 0 Å². The van der Waals surface area contributed by atoms with Crippen LogP contribution in [0.3, 0.4) is 0 Å². The van der Waals surface area contributed by atoms with Gasteiger partial charge < -0.3 is 15.0 Å². The van der Waals surface area contributed by atoms with Crippen molar-refractivity contribution in [1.82, 2.24) is 20.0 Å². The Morgan fingerprint density at radius 2 is 2.47 bits per heavy atom. The minimum absolute atomic E-state index is 0.613. The van der Waals surface area contributed by atoms with Crippen LogP contribution < -0.4 is 5.32 Å². The molecule has 0 amide bonds. The van der Waals surface area contributed by atoms with Crippen molar-refractivity contribution in [2.24, 2.45) is 18.0 Å². The number of aryl methyl sites for hydroxylation is 1. The monoisotopic (exact) mass is 265 g/mol. The van der Waals surface area contributed by atoms with E-state index in [0.29, 0.717) is 5.92 Å². The van der Waals surface area contributed by atoms with E-state index >= 15 is 0 Å². The zero-order valence-electron chi connectivity index (χ0n) is 12.0. The maximum atomic E-state index is 5.22. The molecule has 0 saturated carbocycles. The van der Waals surface area contributed by atoms with Crippen LogP contribution in [0.2, 0.25) is 0 Å². The number of aliphatic imine (C=N–C) groups is 1. The average molecular weight is 265 g/mol. The summed E-state index contributed by atoms with van der Waals surface area (Å²) in [7, 11) is 5.52. The van der Waals surface area contributed by atoms with Gasteiger partial charge in [-0.15, -0.1) is 0 Å². The number of ether oxygens (including phenoxy) is 1. The molecule has 0 aromatic carbocycles. The number of methoxy groups -OCH3 is 1. The van der Waals surface area contributed by atoms with E-state index in [9.17, 15) is 0 Å². The lowest BCUT2D eigenvalue weighted by Gasteiger charge is -2.21. The van der Waals surface area contributed by atoms with Crippen molar-refractivity contribution in [2.45, 2.75) is 13.0 Å². The van der Waals surface area contributed by atoms with Crippen LogP contribution in [0.25, 0.3) is 0 Å². The Balaban J connectivity index is 1.84. The molecule has 6 heteroatoms. The third-order valence-corrected chi connectivity index (χ3v) is 3.41. The second-order valence-corrected chi connectivity index (χ2v) is 4.98. The number of guanidine groups is 1. The van der Waals surface area contributed by atoms with E-state index in [1.54, 1.807) is 7.11 Å². The molecule has 106 valence electrons. The van der Waals surface area contributed by atoms with Crippen LogP contribution in [0.15, 0.2) is 17.4 Å². The molecule has 1 aromatic rings. The quantitative estimate of drug-likeness (QED) is 0.635. The van der Waals surface area contributed by atoms with E-state index in [4.69, 9.17) is 4.74 Å². The minimum Gasteiger partial charge on any atom is -0.384 e. The SMILES string of the molecule is CN=C(NCc1cnn(C)c1)N1CCC(COC)C1. The molecule has 1 saturated heterocycles. The topological polar surface area (TPSA) is 54.7 Å². The molecule has 0 bridgehead atoms. The Bertz CT molecular complexity index is 428. The summed E-state index contributed by atoms with van der Waals surface area (Å²) < 4.78 is 7.03. The number of nitrogens with zero attached hydrogens (tertiary/aromatic N) is 4. The molecule has 1 atom stereocenters. The van der Waals surface area contributed by atoms with E-state index in [1.165, 1.54) is 6.42 Å². The Morgan fingerprint density at radius 3 is 3.11 bits per heavy atom. The van der Waals surface area contributed by atoms with Gasteiger partial charge in [-0.2, -0.15) is 5.10 Å². The van der Waals surface area contributed by atoms with Crippen molar-refractivity contribution in [2.75, 3.05) is 33.9 Å². The minimum atomic E-state index is 0.613. The van der Waals surface area contributed by atoms with Gasteiger partial charge in [-0.1, -0.05) is 0 Å². The number of nitrogens with one attached hydrogen (secondary N) is 1. The molecule has 2 rings (SSSR count). The van der Waals surface area contributed by atoms with Crippen molar-refractivity contribution in [1.29, 1.82) is 0 Å². The van der Waals surface area contributed by atoms with E-state index in [-0.39, 0.29) is 0 Å². The third kappa shape index (κ3) is 3.70. The van der Waals surface area contributed by atoms with Crippen molar-refractivity contribution in [3.05, 3.63) is 18.0 Å². The molecule has 1 fully saturated rings. The first-order valence-electron chi connectivity index (χ1n) is 6.65. The lowest BCUT2D eigenvalue weighted by atomic mass is 10.1. The van der Waals surface area contributed by atoms with Gasteiger partial charge in [-0.25, -0.2) is 0 Å². The second-order valence-electron chi connectivity index (χ2n) is 4.98. The van der Waals surface area contributed by atoms with Gasteiger partial charge in [0.25, 0.3) is 0 Å². The summed E-state index contributed by atoms with van der Waals surface area (Å²) in [6.07, 6.45) is 5.05. The maximum absolute atomic E-state index is 5.22. The summed E-state index contributed by atoms with van der Waals surface area (Å²) in [6, 6.07) is 0. The molecule has 1 N–H and O–H groups in total. The lowest BCUT2D eigenvalue weighted by molar-refractivity contribution is 0.157. The first kappa shape index (κ1) is 13.9. The predicted octanol–water partition coefficient (Wildman–Crippen LogP) is 0.464. The summed E-state index contributed by atoms with van der Waals surface area (Å²) in [4.78, 5) is 6.64. The smallest absolute Gasteiger partial charge is 0.193 e. The van der Waals surface area contributed by atoms with Crippen LogP contribution in [0.5, 0.6) is 0 Å². The molecule has 0 spiro atoms. The molecular formula is C13H23N5O. The molecule has 1 aromatic heterocycles. The zero-order valence-corrected chi connectivity index (χ0v) is 12.0. The van der Waals surface area contributed by atoms with E-state index in [0.717, 1.165) is 37.8 Å². The first-order chi connectivity index (χ1) is 9.22. The maximum Gasteiger partial charge on any atom is 0.193 e. The summed E-state index contributed by atoms with van der Waals surface area (Å²) >= 11 is 0. The fraction of sp³-hybridized carbons (Fsp3) is 0.692.